The van der Waals surface area contributed by atoms with Gasteiger partial charge >= 0.3 is 6.01 Å². The molecule has 0 aliphatic carbocycles. The average molecular weight is 568 g/mol. The van der Waals surface area contributed by atoms with Gasteiger partial charge in [-0.15, -0.1) is 11.3 Å². The number of hydrogen-bond donors (Lipinski definition) is 2. The molecule has 208 valence electrons. The van der Waals surface area contributed by atoms with E-state index in [0.29, 0.717) is 35.2 Å². The van der Waals surface area contributed by atoms with Crippen molar-refractivity contribution in [2.24, 2.45) is 0 Å². The van der Waals surface area contributed by atoms with Gasteiger partial charge in [-0.25, -0.2) is 13.2 Å². The lowest BCUT2D eigenvalue weighted by Crippen LogP contribution is -2.43. The van der Waals surface area contributed by atoms with Crippen LogP contribution in [0.5, 0.6) is 6.01 Å². The molecule has 2 atom stereocenters. The Balaban J connectivity index is 1.34. The molecule has 2 aromatic heterocycles. The van der Waals surface area contributed by atoms with Gasteiger partial charge in [0.15, 0.2) is 5.83 Å². The number of alkyl halides is 1. The number of benzene rings is 2. The molecule has 4 aromatic rings. The van der Waals surface area contributed by atoms with E-state index in [-0.39, 0.29) is 31.2 Å². The highest BCUT2D eigenvalue weighted by Gasteiger charge is 2.49. The second kappa shape index (κ2) is 10.7. The standard InChI is InChI=1S/C29H28F3N5O2S/c1-17(30)27(38)34-9-8-33-26-22-12-23(32)21(19-4-2-5-25-20(19)6-11-40-25)13-24(22)35-28(36-26)39-16-29-7-3-10-37(29)15-18(31)14-29/h2,4-6,11-13,18H,1,3,7-10,14-16H2,(H,34,38)(H,33,35,36)/t18-,29?/m1/s1. The first kappa shape index (κ1) is 26.5. The number of halogens is 3. The number of aromatic nitrogens is 2. The van der Waals surface area contributed by atoms with E-state index < -0.39 is 23.7 Å². The maximum absolute atomic E-state index is 15.6. The van der Waals surface area contributed by atoms with E-state index in [0.717, 1.165) is 35.0 Å². The Morgan fingerprint density at radius 3 is 2.92 bits per heavy atom. The van der Waals surface area contributed by atoms with Gasteiger partial charge in [0.25, 0.3) is 5.91 Å². The van der Waals surface area contributed by atoms with Gasteiger partial charge in [0.05, 0.1) is 11.1 Å². The molecule has 6 rings (SSSR count). The molecule has 40 heavy (non-hydrogen) atoms. The van der Waals surface area contributed by atoms with Crippen molar-refractivity contribution < 1.29 is 22.7 Å². The SMILES string of the molecule is C=C(F)C(=O)NCCNc1nc(OCC23CCCN2C[C@H](F)C3)nc2cc(-c3cccc4sccc34)c(F)cc12. The average Bonchev–Trinajstić information content (AvgIpc) is 3.63. The third-order valence-corrected chi connectivity index (χ3v) is 8.61. The molecule has 7 nitrogen and oxygen atoms in total. The zero-order chi connectivity index (χ0) is 27.9. The van der Waals surface area contributed by atoms with Crippen molar-refractivity contribution in [3.63, 3.8) is 0 Å². The second-order valence-electron chi connectivity index (χ2n) is 10.3. The summed E-state index contributed by atoms with van der Waals surface area (Å²) in [6, 6.07) is 10.9. The van der Waals surface area contributed by atoms with Gasteiger partial charge in [-0.1, -0.05) is 18.7 Å². The van der Waals surface area contributed by atoms with Crippen LogP contribution >= 0.6 is 11.3 Å². The maximum atomic E-state index is 15.6. The first-order chi connectivity index (χ1) is 19.3. The van der Waals surface area contributed by atoms with Crippen LogP contribution in [0.4, 0.5) is 19.0 Å². The lowest BCUT2D eigenvalue weighted by Gasteiger charge is -2.30. The monoisotopic (exact) mass is 567 g/mol. The fourth-order valence-corrected chi connectivity index (χ4v) is 6.68. The van der Waals surface area contributed by atoms with E-state index in [2.05, 4.69) is 32.1 Å². The lowest BCUT2D eigenvalue weighted by molar-refractivity contribution is -0.118. The van der Waals surface area contributed by atoms with E-state index in [9.17, 15) is 13.6 Å². The van der Waals surface area contributed by atoms with Crippen molar-refractivity contribution in [1.82, 2.24) is 20.2 Å². The van der Waals surface area contributed by atoms with Crippen LogP contribution in [0.1, 0.15) is 19.3 Å². The van der Waals surface area contributed by atoms with Crippen molar-refractivity contribution in [2.75, 3.05) is 38.1 Å². The van der Waals surface area contributed by atoms with Gasteiger partial charge in [0, 0.05) is 47.1 Å². The Morgan fingerprint density at radius 2 is 2.08 bits per heavy atom. The van der Waals surface area contributed by atoms with Crippen molar-refractivity contribution in [2.45, 2.75) is 31.0 Å². The Kier molecular flexibility index (Phi) is 7.09. The summed E-state index contributed by atoms with van der Waals surface area (Å²) in [5, 5.41) is 8.82. The molecule has 1 amide bonds. The smallest absolute Gasteiger partial charge is 0.319 e. The molecule has 11 heteroatoms. The summed E-state index contributed by atoms with van der Waals surface area (Å²) in [5.74, 6) is -2.11. The van der Waals surface area contributed by atoms with Gasteiger partial charge < -0.3 is 15.4 Å². The van der Waals surface area contributed by atoms with Crippen LogP contribution in [0.25, 0.3) is 32.1 Å². The zero-order valence-electron chi connectivity index (χ0n) is 21.7. The number of rotatable bonds is 9. The summed E-state index contributed by atoms with van der Waals surface area (Å²) in [5.41, 5.74) is 1.24. The van der Waals surface area contributed by atoms with Crippen LogP contribution < -0.4 is 15.4 Å². The third kappa shape index (κ3) is 4.99. The summed E-state index contributed by atoms with van der Waals surface area (Å²) in [6.45, 7) is 4.73. The summed E-state index contributed by atoms with van der Waals surface area (Å²) in [7, 11) is 0. The second-order valence-corrected chi connectivity index (χ2v) is 11.2. The Labute approximate surface area is 233 Å². The van der Waals surface area contributed by atoms with Gasteiger partial charge in [-0.2, -0.15) is 9.97 Å². The number of hydrogen-bond acceptors (Lipinski definition) is 7. The largest absolute Gasteiger partial charge is 0.461 e. The first-order valence-corrected chi connectivity index (χ1v) is 14.1. The minimum Gasteiger partial charge on any atom is -0.461 e. The van der Waals surface area contributed by atoms with Crippen molar-refractivity contribution in [3.8, 4) is 17.1 Å². The molecule has 0 bridgehead atoms. The number of amides is 1. The highest BCUT2D eigenvalue weighted by Crippen LogP contribution is 2.41. The van der Waals surface area contributed by atoms with Crippen LogP contribution in [0.2, 0.25) is 0 Å². The highest BCUT2D eigenvalue weighted by molar-refractivity contribution is 7.17. The zero-order valence-corrected chi connectivity index (χ0v) is 22.5. The van der Waals surface area contributed by atoms with Gasteiger partial charge in [0.1, 0.15) is 24.4 Å². The first-order valence-electron chi connectivity index (χ1n) is 13.2. The molecule has 0 radical (unpaired) electrons. The minimum atomic E-state index is -1.08. The van der Waals surface area contributed by atoms with Crippen LogP contribution in [-0.2, 0) is 4.79 Å². The molecule has 2 saturated heterocycles. The number of carbonyl (C=O) groups excluding carboxylic acids is 1. The molecule has 2 aliphatic rings. The predicted molar refractivity (Wildman–Crippen MR) is 151 cm³/mol. The molecule has 4 heterocycles. The summed E-state index contributed by atoms with van der Waals surface area (Å²) in [4.78, 5) is 22.8. The topological polar surface area (TPSA) is 79.4 Å². The van der Waals surface area contributed by atoms with E-state index in [1.165, 1.54) is 6.07 Å². The van der Waals surface area contributed by atoms with Crippen LogP contribution in [-0.4, -0.2) is 65.3 Å². The maximum Gasteiger partial charge on any atom is 0.319 e. The number of nitrogens with zero attached hydrogens (tertiary/aromatic N) is 3. The van der Waals surface area contributed by atoms with Crippen molar-refractivity contribution in [3.05, 3.63) is 60.0 Å². The summed E-state index contributed by atoms with van der Waals surface area (Å²) < 4.78 is 50.0. The lowest BCUT2D eigenvalue weighted by atomic mass is 9.95. The normalized spacial score (nSPS) is 20.6. The number of carbonyl (C=O) groups is 1. The quantitative estimate of drug-likeness (QED) is 0.202. The van der Waals surface area contributed by atoms with Crippen LogP contribution in [0.3, 0.4) is 0 Å². The molecule has 2 aromatic carbocycles. The van der Waals surface area contributed by atoms with E-state index >= 15 is 4.39 Å². The molecule has 2 N–H and O–H groups in total. The highest BCUT2D eigenvalue weighted by atomic mass is 32.1. The van der Waals surface area contributed by atoms with Crippen molar-refractivity contribution >= 4 is 44.1 Å². The summed E-state index contributed by atoms with van der Waals surface area (Å²) in [6.07, 6.45) is 1.34. The molecule has 1 unspecified atom stereocenters. The van der Waals surface area contributed by atoms with Gasteiger partial charge in [0.2, 0.25) is 0 Å². The minimum absolute atomic E-state index is 0.0835. The molecule has 0 saturated carbocycles. The number of nitrogens with one attached hydrogen (secondary N) is 2. The fraction of sp³-hybridized carbons (Fsp3) is 0.345. The van der Waals surface area contributed by atoms with Gasteiger partial charge in [-0.3, -0.25) is 9.69 Å². The Hall–Kier alpha value is -3.70. The summed E-state index contributed by atoms with van der Waals surface area (Å²) >= 11 is 1.58. The fourth-order valence-electron chi connectivity index (χ4n) is 5.86. The Bertz CT molecular complexity index is 1610. The Morgan fingerprint density at radius 1 is 1.20 bits per heavy atom. The molecule has 2 aliphatic heterocycles. The van der Waals surface area contributed by atoms with Gasteiger partial charge in [-0.05, 0) is 54.6 Å². The number of anilines is 1. The third-order valence-electron chi connectivity index (χ3n) is 7.73. The number of fused-ring (bicyclic) bond motifs is 3. The van der Waals surface area contributed by atoms with E-state index in [1.54, 1.807) is 17.4 Å². The molecule has 2 fully saturated rings. The number of ether oxygens (including phenoxy) is 1. The molecular weight excluding hydrogens is 539 g/mol. The molecular formula is C29H28F3N5O2S. The molecule has 0 spiro atoms. The predicted octanol–water partition coefficient (Wildman–Crippen LogP) is 5.62. The number of thiophene rings is 1. The van der Waals surface area contributed by atoms with Crippen molar-refractivity contribution in [1.29, 1.82) is 0 Å². The van der Waals surface area contributed by atoms with Crippen LogP contribution in [0.15, 0.2) is 54.2 Å². The van der Waals surface area contributed by atoms with E-state index in [1.807, 2.05) is 29.6 Å². The van der Waals surface area contributed by atoms with Crippen LogP contribution in [0, 0.1) is 5.82 Å². The van der Waals surface area contributed by atoms with E-state index in [4.69, 9.17) is 4.74 Å².